The lowest BCUT2D eigenvalue weighted by Gasteiger charge is -2.35. The number of hydrogen-bond acceptors (Lipinski definition) is 2. The molecule has 1 aliphatic carbocycles. The molecular formula is C59H39NO. The summed E-state index contributed by atoms with van der Waals surface area (Å²) in [4.78, 5) is 2.39. The molecule has 0 bridgehead atoms. The van der Waals surface area contributed by atoms with Crippen LogP contribution in [-0.4, -0.2) is 0 Å². The molecule has 286 valence electrons. The van der Waals surface area contributed by atoms with Gasteiger partial charge in [-0.25, -0.2) is 0 Å². The topological polar surface area (TPSA) is 16.4 Å². The highest BCUT2D eigenvalue weighted by molar-refractivity contribution is 6.23. The number of fused-ring (bicyclic) bond motifs is 8. The van der Waals surface area contributed by atoms with Gasteiger partial charge in [-0.2, -0.15) is 0 Å². The van der Waals surface area contributed by atoms with Crippen LogP contribution in [0.4, 0.5) is 17.1 Å². The van der Waals surface area contributed by atoms with Crippen LogP contribution in [0, 0.1) is 0 Å². The van der Waals surface area contributed by atoms with E-state index in [1.165, 1.54) is 60.8 Å². The molecule has 11 aromatic rings. The quantitative estimate of drug-likeness (QED) is 0.160. The van der Waals surface area contributed by atoms with E-state index in [4.69, 9.17) is 4.42 Å². The van der Waals surface area contributed by atoms with E-state index in [0.717, 1.165) is 44.6 Å². The summed E-state index contributed by atoms with van der Waals surface area (Å²) in [5.74, 6) is 0. The van der Waals surface area contributed by atoms with Crippen molar-refractivity contribution in [1.29, 1.82) is 0 Å². The van der Waals surface area contributed by atoms with Gasteiger partial charge in [0.15, 0.2) is 5.58 Å². The molecule has 1 aromatic heterocycles. The van der Waals surface area contributed by atoms with Gasteiger partial charge >= 0.3 is 0 Å². The molecule has 1 heterocycles. The average Bonchev–Trinajstić information content (AvgIpc) is 3.87. The van der Waals surface area contributed by atoms with Gasteiger partial charge in [0.05, 0.1) is 11.1 Å². The lowest BCUT2D eigenvalue weighted by atomic mass is 9.67. The highest BCUT2D eigenvalue weighted by atomic mass is 16.3. The van der Waals surface area contributed by atoms with Crippen LogP contribution >= 0.6 is 0 Å². The highest BCUT2D eigenvalue weighted by Gasteiger charge is 2.46. The fraction of sp³-hybridized carbons (Fsp3) is 0.0169. The molecule has 2 nitrogen and oxygen atoms in total. The van der Waals surface area contributed by atoms with Crippen LogP contribution in [0.25, 0.3) is 66.1 Å². The molecule has 0 radical (unpaired) electrons. The number of anilines is 3. The highest BCUT2D eigenvalue weighted by Crippen LogP contribution is 2.57. The van der Waals surface area contributed by atoms with Crippen molar-refractivity contribution in [3.63, 3.8) is 0 Å². The Morgan fingerprint density at radius 3 is 1.59 bits per heavy atom. The van der Waals surface area contributed by atoms with Crippen molar-refractivity contribution in [2.45, 2.75) is 5.41 Å². The molecule has 0 N–H and O–H groups in total. The minimum absolute atomic E-state index is 0.536. The smallest absolute Gasteiger partial charge is 0.159 e. The summed E-state index contributed by atoms with van der Waals surface area (Å²) >= 11 is 0. The molecule has 0 amide bonds. The van der Waals surface area contributed by atoms with Crippen LogP contribution in [0.2, 0.25) is 0 Å². The van der Waals surface area contributed by atoms with E-state index in [1.807, 2.05) is 0 Å². The van der Waals surface area contributed by atoms with E-state index in [2.05, 4.69) is 241 Å². The molecule has 0 spiro atoms. The van der Waals surface area contributed by atoms with Crippen LogP contribution in [0.3, 0.4) is 0 Å². The second-order valence-electron chi connectivity index (χ2n) is 16.0. The van der Waals surface area contributed by atoms with Gasteiger partial charge in [-0.1, -0.05) is 200 Å². The number of hydrogen-bond donors (Lipinski definition) is 0. The van der Waals surface area contributed by atoms with Crippen molar-refractivity contribution in [2.75, 3.05) is 4.90 Å². The molecule has 10 aromatic carbocycles. The minimum atomic E-state index is -0.536. The van der Waals surface area contributed by atoms with Gasteiger partial charge < -0.3 is 9.32 Å². The standard InChI is InChI=1S/C59H39NO/c1-5-18-40(19-6-1)41-32-34-45(35-33-41)60(55-31-17-29-51-57-50-28-14-13-26-47(50)52(39-56(57)61-58(51)55)42-20-7-2-8-21-42)46-36-37-49-48-27-15-16-30-53(48)59(54(49)38-46,43-22-9-3-10-23-43)44-24-11-4-12-25-44/h1-39H. The van der Waals surface area contributed by atoms with Crippen LogP contribution in [0.5, 0.6) is 0 Å². The number of nitrogens with zero attached hydrogens (tertiary/aromatic N) is 1. The first-order chi connectivity index (χ1) is 30.3. The molecule has 0 saturated heterocycles. The molecule has 0 saturated carbocycles. The Balaban J connectivity index is 1.13. The van der Waals surface area contributed by atoms with E-state index < -0.39 is 5.41 Å². The monoisotopic (exact) mass is 777 g/mol. The summed E-state index contributed by atoms with van der Waals surface area (Å²) in [7, 11) is 0. The van der Waals surface area contributed by atoms with E-state index in [9.17, 15) is 0 Å². The maximum atomic E-state index is 7.15. The van der Waals surface area contributed by atoms with Crippen LogP contribution in [0.1, 0.15) is 22.3 Å². The van der Waals surface area contributed by atoms with Crippen molar-refractivity contribution in [2.24, 2.45) is 0 Å². The third-order valence-electron chi connectivity index (χ3n) is 12.7. The summed E-state index contributed by atoms with van der Waals surface area (Å²) in [6, 6.07) is 85.8. The first kappa shape index (κ1) is 35.0. The molecular weight excluding hydrogens is 739 g/mol. The Morgan fingerprint density at radius 2 is 0.885 bits per heavy atom. The lowest BCUT2D eigenvalue weighted by Crippen LogP contribution is -2.28. The van der Waals surface area contributed by atoms with E-state index >= 15 is 0 Å². The second kappa shape index (κ2) is 14.1. The Labute approximate surface area is 355 Å². The van der Waals surface area contributed by atoms with Gasteiger partial charge in [-0.3, -0.25) is 0 Å². The van der Waals surface area contributed by atoms with E-state index in [0.29, 0.717) is 0 Å². The molecule has 1 aliphatic rings. The number of rotatable bonds is 7. The van der Waals surface area contributed by atoms with Gasteiger partial charge in [-0.15, -0.1) is 0 Å². The Kier molecular flexibility index (Phi) is 8.11. The lowest BCUT2D eigenvalue weighted by molar-refractivity contribution is 0.669. The zero-order valence-corrected chi connectivity index (χ0v) is 33.4. The molecule has 0 fully saturated rings. The van der Waals surface area contributed by atoms with Crippen molar-refractivity contribution in [3.05, 3.63) is 259 Å². The molecule has 0 aliphatic heterocycles. The fourth-order valence-corrected chi connectivity index (χ4v) is 10.1. The van der Waals surface area contributed by atoms with Crippen molar-refractivity contribution in [3.8, 4) is 33.4 Å². The second-order valence-corrected chi connectivity index (χ2v) is 16.0. The van der Waals surface area contributed by atoms with Crippen LogP contribution in [-0.2, 0) is 5.41 Å². The van der Waals surface area contributed by atoms with Gasteiger partial charge in [0, 0.05) is 22.1 Å². The Hall–Kier alpha value is -7.94. The van der Waals surface area contributed by atoms with E-state index in [1.54, 1.807) is 0 Å². The summed E-state index contributed by atoms with van der Waals surface area (Å²) in [6.07, 6.45) is 0. The van der Waals surface area contributed by atoms with Gasteiger partial charge in [-0.05, 0) is 103 Å². The predicted octanol–water partition coefficient (Wildman–Crippen LogP) is 15.9. The normalized spacial score (nSPS) is 12.7. The van der Waals surface area contributed by atoms with Crippen molar-refractivity contribution in [1.82, 2.24) is 0 Å². The summed E-state index contributed by atoms with van der Waals surface area (Å²) in [5, 5.41) is 4.60. The van der Waals surface area contributed by atoms with Crippen molar-refractivity contribution >= 4 is 49.8 Å². The molecule has 12 rings (SSSR count). The summed E-state index contributed by atoms with van der Waals surface area (Å²) in [5.41, 5.74) is 16.5. The largest absolute Gasteiger partial charge is 0.454 e. The number of benzene rings is 10. The van der Waals surface area contributed by atoms with Crippen LogP contribution in [0.15, 0.2) is 241 Å². The molecule has 61 heavy (non-hydrogen) atoms. The third-order valence-corrected chi connectivity index (χ3v) is 12.7. The van der Waals surface area contributed by atoms with Gasteiger partial charge in [0.2, 0.25) is 0 Å². The zero-order chi connectivity index (χ0) is 40.3. The first-order valence-electron chi connectivity index (χ1n) is 21.0. The summed E-state index contributed by atoms with van der Waals surface area (Å²) < 4.78 is 7.15. The van der Waals surface area contributed by atoms with E-state index in [-0.39, 0.29) is 0 Å². The fourth-order valence-electron chi connectivity index (χ4n) is 10.1. The van der Waals surface area contributed by atoms with Crippen molar-refractivity contribution < 1.29 is 4.42 Å². The third kappa shape index (κ3) is 5.43. The zero-order valence-electron chi connectivity index (χ0n) is 33.4. The van der Waals surface area contributed by atoms with Gasteiger partial charge in [0.25, 0.3) is 0 Å². The minimum Gasteiger partial charge on any atom is -0.454 e. The predicted molar refractivity (Wildman–Crippen MR) is 254 cm³/mol. The summed E-state index contributed by atoms with van der Waals surface area (Å²) in [6.45, 7) is 0. The average molecular weight is 778 g/mol. The Bertz CT molecular complexity index is 3350. The maximum absolute atomic E-state index is 7.15. The first-order valence-corrected chi connectivity index (χ1v) is 21.0. The van der Waals surface area contributed by atoms with Gasteiger partial charge in [0.1, 0.15) is 5.58 Å². The maximum Gasteiger partial charge on any atom is 0.159 e. The molecule has 0 unspecified atom stereocenters. The Morgan fingerprint density at radius 1 is 0.344 bits per heavy atom. The van der Waals surface area contributed by atoms with Crippen LogP contribution < -0.4 is 4.90 Å². The molecule has 2 heteroatoms. The molecule has 0 atom stereocenters. The SMILES string of the molecule is c1ccc(-c2ccc(N(c3ccc4c(c3)C(c3ccccc3)(c3ccccc3)c3ccccc3-4)c3cccc4c3oc3cc(-c5ccccc5)c5ccccc5c34)cc2)cc1. The number of para-hydroxylation sites is 1. The number of furan rings is 1.